The van der Waals surface area contributed by atoms with Gasteiger partial charge in [-0.05, 0) is 41.5 Å². The van der Waals surface area contributed by atoms with Gasteiger partial charge in [-0.2, -0.15) is 0 Å². The molecule has 0 radical (unpaired) electrons. The second-order valence-corrected chi connectivity index (χ2v) is 6.54. The lowest BCUT2D eigenvalue weighted by molar-refractivity contribution is -0.149. The summed E-state index contributed by atoms with van der Waals surface area (Å²) < 4.78 is 5.91. The first kappa shape index (κ1) is 16.7. The number of carbonyl (C=O) groups is 2. The van der Waals surface area contributed by atoms with E-state index in [1.165, 1.54) is 25.4 Å². The fourth-order valence-electron chi connectivity index (χ4n) is 2.16. The number of ether oxygens (including phenoxy) is 1. The molecule has 0 fully saturated rings. The maximum atomic E-state index is 12.2. The monoisotopic (exact) mass is 341 g/mol. The Labute approximate surface area is 136 Å². The maximum Gasteiger partial charge on any atom is 0.331 e. The highest BCUT2D eigenvalue weighted by atomic mass is 35.5. The van der Waals surface area contributed by atoms with Crippen LogP contribution in [0.25, 0.3) is 10.1 Å². The number of thiophene rings is 1. The highest BCUT2D eigenvalue weighted by molar-refractivity contribution is 7.17. The molecular formula is C15H16ClNO4S. The number of methoxy groups -OCH3 is 1. The number of carboxylic acid groups (broad SMARTS) is 1. The van der Waals surface area contributed by atoms with Gasteiger partial charge < -0.3 is 15.2 Å². The molecule has 118 valence electrons. The summed E-state index contributed by atoms with van der Waals surface area (Å²) in [5, 5.41) is 15.2. The van der Waals surface area contributed by atoms with E-state index in [0.717, 1.165) is 15.6 Å². The van der Waals surface area contributed by atoms with E-state index in [-0.39, 0.29) is 18.9 Å². The highest BCUT2D eigenvalue weighted by Crippen LogP contribution is 2.29. The lowest BCUT2D eigenvalue weighted by atomic mass is 10.0. The minimum atomic E-state index is -1.45. The van der Waals surface area contributed by atoms with Crippen molar-refractivity contribution in [1.82, 2.24) is 5.32 Å². The van der Waals surface area contributed by atoms with Gasteiger partial charge in [-0.15, -0.1) is 11.3 Å². The standard InChI is InChI=1S/C15H16ClNO4S/c1-15(8-21-2,14(19)20)17-13(18)5-9-7-22-12-4-3-10(16)6-11(9)12/h3-4,6-7H,5,8H2,1-2H3,(H,17,18)(H,19,20). The molecule has 0 saturated heterocycles. The highest BCUT2D eigenvalue weighted by Gasteiger charge is 2.35. The van der Waals surface area contributed by atoms with E-state index in [4.69, 9.17) is 16.3 Å². The summed E-state index contributed by atoms with van der Waals surface area (Å²) in [5.41, 5.74) is -0.625. The Morgan fingerprint density at radius 1 is 1.45 bits per heavy atom. The largest absolute Gasteiger partial charge is 0.479 e. The van der Waals surface area contributed by atoms with Crippen molar-refractivity contribution in [3.8, 4) is 0 Å². The molecule has 1 aromatic heterocycles. The maximum absolute atomic E-state index is 12.2. The van der Waals surface area contributed by atoms with Crippen LogP contribution >= 0.6 is 22.9 Å². The Kier molecular flexibility index (Phi) is 5.05. The molecule has 1 amide bonds. The smallest absolute Gasteiger partial charge is 0.331 e. The normalized spacial score (nSPS) is 13.8. The second kappa shape index (κ2) is 6.64. The topological polar surface area (TPSA) is 75.6 Å². The average Bonchev–Trinajstić information content (AvgIpc) is 2.81. The van der Waals surface area contributed by atoms with E-state index < -0.39 is 11.5 Å². The van der Waals surface area contributed by atoms with E-state index >= 15 is 0 Å². The minimum Gasteiger partial charge on any atom is -0.479 e. The van der Waals surface area contributed by atoms with E-state index in [9.17, 15) is 14.7 Å². The molecule has 0 aliphatic heterocycles. The number of hydrogen-bond acceptors (Lipinski definition) is 4. The lowest BCUT2D eigenvalue weighted by Crippen LogP contribution is -2.55. The van der Waals surface area contributed by atoms with Crippen molar-refractivity contribution in [2.75, 3.05) is 13.7 Å². The summed E-state index contributed by atoms with van der Waals surface area (Å²) in [5.74, 6) is -1.51. The van der Waals surface area contributed by atoms with Gasteiger partial charge in [0.2, 0.25) is 5.91 Å². The van der Waals surface area contributed by atoms with Gasteiger partial charge in [-0.1, -0.05) is 11.6 Å². The number of amides is 1. The van der Waals surface area contributed by atoms with Crippen molar-refractivity contribution < 1.29 is 19.4 Å². The number of nitrogens with one attached hydrogen (secondary N) is 1. The molecular weight excluding hydrogens is 326 g/mol. The fraction of sp³-hybridized carbons (Fsp3) is 0.333. The van der Waals surface area contributed by atoms with Crippen molar-refractivity contribution >= 4 is 44.9 Å². The van der Waals surface area contributed by atoms with Crippen LogP contribution in [0.1, 0.15) is 12.5 Å². The van der Waals surface area contributed by atoms with Gasteiger partial charge in [0.1, 0.15) is 0 Å². The molecule has 1 aromatic carbocycles. The van der Waals surface area contributed by atoms with Crippen molar-refractivity contribution in [3.05, 3.63) is 34.2 Å². The molecule has 1 atom stereocenters. The molecule has 0 aliphatic rings. The number of fused-ring (bicyclic) bond motifs is 1. The predicted molar refractivity (Wildman–Crippen MR) is 86.6 cm³/mol. The van der Waals surface area contributed by atoms with Gasteiger partial charge in [0.25, 0.3) is 0 Å². The summed E-state index contributed by atoms with van der Waals surface area (Å²) >= 11 is 7.50. The molecule has 2 N–H and O–H groups in total. The van der Waals surface area contributed by atoms with Gasteiger partial charge in [0, 0.05) is 16.8 Å². The van der Waals surface area contributed by atoms with E-state index in [0.29, 0.717) is 5.02 Å². The Morgan fingerprint density at radius 2 is 2.18 bits per heavy atom. The molecule has 5 nitrogen and oxygen atoms in total. The molecule has 0 aliphatic carbocycles. The zero-order chi connectivity index (χ0) is 16.3. The SMILES string of the molecule is COCC(C)(NC(=O)Cc1csc2ccc(Cl)cc12)C(=O)O. The van der Waals surface area contributed by atoms with Crippen LogP contribution in [0.5, 0.6) is 0 Å². The molecule has 0 saturated carbocycles. The van der Waals surface area contributed by atoms with Gasteiger partial charge in [0.15, 0.2) is 5.54 Å². The van der Waals surface area contributed by atoms with Crippen molar-refractivity contribution in [3.63, 3.8) is 0 Å². The fourth-order valence-corrected chi connectivity index (χ4v) is 3.27. The Hall–Kier alpha value is -1.63. The first-order valence-electron chi connectivity index (χ1n) is 6.54. The Bertz CT molecular complexity index is 715. The van der Waals surface area contributed by atoms with Crippen LogP contribution in [0.3, 0.4) is 0 Å². The number of rotatable bonds is 6. The molecule has 1 unspecified atom stereocenters. The zero-order valence-electron chi connectivity index (χ0n) is 12.2. The molecule has 2 aromatic rings. The van der Waals surface area contributed by atoms with Gasteiger partial charge in [-0.3, -0.25) is 4.79 Å². The predicted octanol–water partition coefficient (Wildman–Crippen LogP) is 2.70. The van der Waals surface area contributed by atoms with E-state index in [1.807, 2.05) is 17.5 Å². The van der Waals surface area contributed by atoms with Crippen LogP contribution in [0.4, 0.5) is 0 Å². The van der Waals surface area contributed by atoms with Gasteiger partial charge in [-0.25, -0.2) is 4.79 Å². The molecule has 22 heavy (non-hydrogen) atoms. The number of halogens is 1. The first-order valence-corrected chi connectivity index (χ1v) is 7.80. The van der Waals surface area contributed by atoms with E-state index in [2.05, 4.69) is 5.32 Å². The molecule has 0 bridgehead atoms. The average molecular weight is 342 g/mol. The number of aliphatic carboxylic acids is 1. The number of benzene rings is 1. The number of hydrogen-bond donors (Lipinski definition) is 2. The van der Waals surface area contributed by atoms with Crippen LogP contribution in [-0.4, -0.2) is 36.2 Å². The van der Waals surface area contributed by atoms with Gasteiger partial charge >= 0.3 is 5.97 Å². The number of carbonyl (C=O) groups excluding carboxylic acids is 1. The molecule has 2 rings (SSSR count). The zero-order valence-corrected chi connectivity index (χ0v) is 13.8. The molecule has 7 heteroatoms. The molecule has 1 heterocycles. The first-order chi connectivity index (χ1) is 10.4. The Balaban J connectivity index is 2.17. The summed E-state index contributed by atoms with van der Waals surface area (Å²) in [6, 6.07) is 5.50. The third kappa shape index (κ3) is 3.58. The second-order valence-electron chi connectivity index (χ2n) is 5.20. The third-order valence-electron chi connectivity index (χ3n) is 3.29. The van der Waals surface area contributed by atoms with Crippen molar-refractivity contribution in [1.29, 1.82) is 0 Å². The van der Waals surface area contributed by atoms with Crippen LogP contribution in [0, 0.1) is 0 Å². The van der Waals surface area contributed by atoms with Crippen LogP contribution < -0.4 is 5.32 Å². The van der Waals surface area contributed by atoms with E-state index in [1.54, 1.807) is 6.07 Å². The van der Waals surface area contributed by atoms with Crippen molar-refractivity contribution in [2.45, 2.75) is 18.9 Å². The van der Waals surface area contributed by atoms with Gasteiger partial charge in [0.05, 0.1) is 13.0 Å². The Morgan fingerprint density at radius 3 is 2.82 bits per heavy atom. The summed E-state index contributed by atoms with van der Waals surface area (Å²) in [6.45, 7) is 1.31. The third-order valence-corrected chi connectivity index (χ3v) is 4.53. The summed E-state index contributed by atoms with van der Waals surface area (Å²) in [4.78, 5) is 23.5. The van der Waals surface area contributed by atoms with Crippen LogP contribution in [-0.2, 0) is 20.7 Å². The minimum absolute atomic E-state index is 0.0902. The summed E-state index contributed by atoms with van der Waals surface area (Å²) in [6.07, 6.45) is 0.0902. The quantitative estimate of drug-likeness (QED) is 0.847. The lowest BCUT2D eigenvalue weighted by Gasteiger charge is -2.25. The van der Waals surface area contributed by atoms with Crippen LogP contribution in [0.2, 0.25) is 5.02 Å². The summed E-state index contributed by atoms with van der Waals surface area (Å²) in [7, 11) is 1.39. The molecule has 0 spiro atoms. The van der Waals surface area contributed by atoms with Crippen molar-refractivity contribution in [2.24, 2.45) is 0 Å². The van der Waals surface area contributed by atoms with Crippen LogP contribution in [0.15, 0.2) is 23.6 Å². The number of carboxylic acids is 1.